The molecule has 1 aromatic rings. The Morgan fingerprint density at radius 1 is 1.43 bits per heavy atom. The minimum absolute atomic E-state index is 0.142. The maximum absolute atomic E-state index is 14.3. The van der Waals surface area contributed by atoms with Crippen LogP contribution in [0.15, 0.2) is 23.4 Å². The van der Waals surface area contributed by atoms with Gasteiger partial charge in [0.15, 0.2) is 5.84 Å². The lowest BCUT2D eigenvalue weighted by atomic mass is 10.1. The van der Waals surface area contributed by atoms with Crippen LogP contribution in [-0.2, 0) is 6.54 Å². The van der Waals surface area contributed by atoms with Gasteiger partial charge in [0, 0.05) is 25.2 Å². The van der Waals surface area contributed by atoms with Crippen molar-refractivity contribution in [3.8, 4) is 0 Å². The number of likely N-dealkylation sites (N-methyl/N-ethyl adjacent to an activating group) is 1. The Balaban J connectivity index is 1.95. The van der Waals surface area contributed by atoms with E-state index in [1.165, 1.54) is 32.0 Å². The van der Waals surface area contributed by atoms with Crippen molar-refractivity contribution < 1.29 is 9.60 Å². The van der Waals surface area contributed by atoms with E-state index in [0.717, 1.165) is 13.1 Å². The second kappa shape index (κ2) is 7.38. The zero-order valence-electron chi connectivity index (χ0n) is 12.4. The van der Waals surface area contributed by atoms with Gasteiger partial charge in [0.1, 0.15) is 5.82 Å². The van der Waals surface area contributed by atoms with Gasteiger partial charge in [0.2, 0.25) is 0 Å². The molecule has 5 nitrogen and oxygen atoms in total. The Bertz CT molecular complexity index is 500. The number of oxime groups is 1. The monoisotopic (exact) mass is 294 g/mol. The van der Waals surface area contributed by atoms with Crippen LogP contribution in [0.25, 0.3) is 0 Å². The van der Waals surface area contributed by atoms with Crippen LogP contribution in [-0.4, -0.2) is 54.1 Å². The smallest absolute Gasteiger partial charge is 0.173 e. The van der Waals surface area contributed by atoms with Gasteiger partial charge in [-0.2, -0.15) is 0 Å². The van der Waals surface area contributed by atoms with Crippen molar-refractivity contribution in [3.63, 3.8) is 0 Å². The number of hydrogen-bond acceptors (Lipinski definition) is 4. The molecular formula is C15H23FN4O. The lowest BCUT2D eigenvalue weighted by molar-refractivity contribution is 0.250. The predicted molar refractivity (Wildman–Crippen MR) is 80.9 cm³/mol. The minimum Gasteiger partial charge on any atom is -0.409 e. The summed E-state index contributed by atoms with van der Waals surface area (Å²) < 4.78 is 14.3. The summed E-state index contributed by atoms with van der Waals surface area (Å²) in [6, 6.07) is 4.97. The average Bonchev–Trinajstić information content (AvgIpc) is 3.00. The summed E-state index contributed by atoms with van der Waals surface area (Å²) in [4.78, 5) is 4.52. The van der Waals surface area contributed by atoms with E-state index in [4.69, 9.17) is 10.9 Å². The van der Waals surface area contributed by atoms with Gasteiger partial charge in [-0.3, -0.25) is 0 Å². The van der Waals surface area contributed by atoms with E-state index in [1.54, 1.807) is 12.1 Å². The van der Waals surface area contributed by atoms with Gasteiger partial charge in [-0.05, 0) is 39.0 Å². The van der Waals surface area contributed by atoms with Gasteiger partial charge in [0.05, 0.1) is 5.56 Å². The van der Waals surface area contributed by atoms with E-state index in [-0.39, 0.29) is 11.4 Å². The molecule has 116 valence electrons. The molecule has 2 rings (SSSR count). The van der Waals surface area contributed by atoms with Crippen LogP contribution < -0.4 is 5.73 Å². The summed E-state index contributed by atoms with van der Waals surface area (Å²) >= 11 is 0. The van der Waals surface area contributed by atoms with Gasteiger partial charge < -0.3 is 20.7 Å². The molecule has 0 amide bonds. The number of halogens is 1. The van der Waals surface area contributed by atoms with Crippen LogP contribution in [0.3, 0.4) is 0 Å². The third kappa shape index (κ3) is 4.15. The molecule has 0 spiro atoms. The Morgan fingerprint density at radius 2 is 2.14 bits per heavy atom. The molecule has 1 aromatic carbocycles. The third-order valence-corrected chi connectivity index (χ3v) is 3.90. The van der Waals surface area contributed by atoms with Crippen molar-refractivity contribution in [1.82, 2.24) is 9.80 Å². The molecule has 21 heavy (non-hydrogen) atoms. The summed E-state index contributed by atoms with van der Waals surface area (Å²) in [6.45, 7) is 4.75. The lowest BCUT2D eigenvalue weighted by Gasteiger charge is -2.21. The lowest BCUT2D eigenvalue weighted by Crippen LogP contribution is -2.31. The van der Waals surface area contributed by atoms with E-state index < -0.39 is 5.82 Å². The molecule has 1 fully saturated rings. The van der Waals surface area contributed by atoms with Crippen LogP contribution in [0.1, 0.15) is 24.0 Å². The first kappa shape index (κ1) is 15.7. The third-order valence-electron chi connectivity index (χ3n) is 3.90. The average molecular weight is 294 g/mol. The van der Waals surface area contributed by atoms with Crippen LogP contribution in [0.5, 0.6) is 0 Å². The van der Waals surface area contributed by atoms with E-state index >= 15 is 0 Å². The molecule has 1 aliphatic heterocycles. The highest BCUT2D eigenvalue weighted by molar-refractivity contribution is 5.97. The zero-order chi connectivity index (χ0) is 15.2. The largest absolute Gasteiger partial charge is 0.409 e. The standard InChI is InChI=1S/C15H23FN4O/c1-19(9-10-20-7-2-3-8-20)11-12-5-4-6-13(14(12)16)15(17)18-21/h4-6,21H,2-3,7-11H2,1H3,(H2,17,18). The number of nitrogens with two attached hydrogens (primary N) is 1. The van der Waals surface area contributed by atoms with Crippen molar-refractivity contribution in [3.05, 3.63) is 35.1 Å². The number of nitrogens with zero attached hydrogens (tertiary/aromatic N) is 3. The maximum atomic E-state index is 14.3. The molecule has 0 unspecified atom stereocenters. The molecule has 0 saturated carbocycles. The van der Waals surface area contributed by atoms with Crippen molar-refractivity contribution in [2.45, 2.75) is 19.4 Å². The Labute approximate surface area is 124 Å². The van der Waals surface area contributed by atoms with Gasteiger partial charge in [-0.15, -0.1) is 0 Å². The summed E-state index contributed by atoms with van der Waals surface area (Å²) in [5.74, 6) is -0.616. The van der Waals surface area contributed by atoms with Crippen molar-refractivity contribution in [2.75, 3.05) is 33.2 Å². The first-order chi connectivity index (χ1) is 10.1. The number of amidine groups is 1. The summed E-state index contributed by atoms with van der Waals surface area (Å²) in [7, 11) is 1.98. The van der Waals surface area contributed by atoms with Crippen LogP contribution in [0.4, 0.5) is 4.39 Å². The SMILES string of the molecule is CN(CCN1CCCC1)Cc1cccc(/C(N)=N/O)c1F. The summed E-state index contributed by atoms with van der Waals surface area (Å²) in [5.41, 5.74) is 6.18. The van der Waals surface area contributed by atoms with E-state index in [0.29, 0.717) is 12.1 Å². The molecular weight excluding hydrogens is 271 g/mol. The number of hydrogen-bond donors (Lipinski definition) is 2. The molecule has 0 radical (unpaired) electrons. The molecule has 3 N–H and O–H groups in total. The summed E-state index contributed by atoms with van der Waals surface area (Å²) in [6.07, 6.45) is 2.56. The number of benzene rings is 1. The molecule has 0 atom stereocenters. The normalized spacial score (nSPS) is 16.8. The highest BCUT2D eigenvalue weighted by Crippen LogP contribution is 2.15. The fraction of sp³-hybridized carbons (Fsp3) is 0.533. The van der Waals surface area contributed by atoms with E-state index in [9.17, 15) is 4.39 Å². The van der Waals surface area contributed by atoms with Crippen molar-refractivity contribution >= 4 is 5.84 Å². The van der Waals surface area contributed by atoms with Gasteiger partial charge >= 0.3 is 0 Å². The van der Waals surface area contributed by atoms with Gasteiger partial charge in [-0.25, -0.2) is 4.39 Å². The maximum Gasteiger partial charge on any atom is 0.173 e. The molecule has 0 aliphatic carbocycles. The van der Waals surface area contributed by atoms with E-state index in [1.807, 2.05) is 7.05 Å². The minimum atomic E-state index is -0.416. The van der Waals surface area contributed by atoms with Crippen LogP contribution >= 0.6 is 0 Å². The molecule has 6 heteroatoms. The second-order valence-electron chi connectivity index (χ2n) is 5.55. The van der Waals surface area contributed by atoms with E-state index in [2.05, 4.69) is 15.0 Å². The fourth-order valence-electron chi connectivity index (χ4n) is 2.64. The highest BCUT2D eigenvalue weighted by Gasteiger charge is 2.15. The predicted octanol–water partition coefficient (Wildman–Crippen LogP) is 1.45. The quantitative estimate of drug-likeness (QED) is 0.361. The van der Waals surface area contributed by atoms with Crippen LogP contribution in [0.2, 0.25) is 0 Å². The van der Waals surface area contributed by atoms with Gasteiger partial charge in [-0.1, -0.05) is 17.3 Å². The van der Waals surface area contributed by atoms with Crippen LogP contribution in [0, 0.1) is 5.82 Å². The Morgan fingerprint density at radius 3 is 2.81 bits per heavy atom. The topological polar surface area (TPSA) is 65.1 Å². The Hall–Kier alpha value is -1.66. The highest BCUT2D eigenvalue weighted by atomic mass is 19.1. The first-order valence-corrected chi connectivity index (χ1v) is 7.28. The second-order valence-corrected chi connectivity index (χ2v) is 5.55. The van der Waals surface area contributed by atoms with Crippen molar-refractivity contribution in [2.24, 2.45) is 10.9 Å². The fourth-order valence-corrected chi connectivity index (χ4v) is 2.64. The van der Waals surface area contributed by atoms with Gasteiger partial charge in [0.25, 0.3) is 0 Å². The first-order valence-electron chi connectivity index (χ1n) is 7.28. The Kier molecular flexibility index (Phi) is 5.52. The zero-order valence-corrected chi connectivity index (χ0v) is 12.4. The molecule has 1 heterocycles. The van der Waals surface area contributed by atoms with Crippen molar-refractivity contribution in [1.29, 1.82) is 0 Å². The molecule has 1 aliphatic rings. The molecule has 0 bridgehead atoms. The molecule has 0 aromatic heterocycles. The summed E-state index contributed by atoms with van der Waals surface area (Å²) in [5, 5.41) is 11.5. The number of rotatable bonds is 6. The number of likely N-dealkylation sites (tertiary alicyclic amines) is 1. The molecule has 1 saturated heterocycles.